The van der Waals surface area contributed by atoms with E-state index < -0.39 is 8.07 Å². The molecule has 1 aromatic rings. The van der Waals surface area contributed by atoms with Gasteiger partial charge >= 0.3 is 0 Å². The lowest BCUT2D eigenvalue weighted by Gasteiger charge is -2.34. The molecule has 0 aliphatic carbocycles. The number of hydrogen-bond acceptors (Lipinski definition) is 2. The summed E-state index contributed by atoms with van der Waals surface area (Å²) in [4.78, 5) is 0. The van der Waals surface area contributed by atoms with Gasteiger partial charge in [0.05, 0.1) is 5.73 Å². The van der Waals surface area contributed by atoms with Gasteiger partial charge in [0.2, 0.25) is 0 Å². The van der Waals surface area contributed by atoms with Crippen LogP contribution in [-0.4, -0.2) is 27.2 Å². The van der Waals surface area contributed by atoms with Crippen molar-refractivity contribution in [1.82, 2.24) is 0 Å². The summed E-state index contributed by atoms with van der Waals surface area (Å²) in [7, 11) is 0.0730. The van der Waals surface area contributed by atoms with Crippen LogP contribution in [0.15, 0.2) is 30.3 Å². The SMILES string of the molecule is CCCCCC(OC(C)OC)[Si](C)(C)c1ccccc1. The van der Waals surface area contributed by atoms with Gasteiger partial charge in [0.25, 0.3) is 0 Å². The molecule has 0 fully saturated rings. The fourth-order valence-electron chi connectivity index (χ4n) is 2.52. The van der Waals surface area contributed by atoms with Gasteiger partial charge in [-0.3, -0.25) is 0 Å². The van der Waals surface area contributed by atoms with Crippen molar-refractivity contribution in [2.75, 3.05) is 7.11 Å². The second kappa shape index (κ2) is 8.60. The summed E-state index contributed by atoms with van der Waals surface area (Å²) in [5.74, 6) is 0. The highest BCUT2D eigenvalue weighted by Crippen LogP contribution is 2.20. The molecule has 0 saturated heterocycles. The Morgan fingerprint density at radius 3 is 2.30 bits per heavy atom. The Morgan fingerprint density at radius 1 is 1.10 bits per heavy atom. The van der Waals surface area contributed by atoms with Gasteiger partial charge in [-0.25, -0.2) is 0 Å². The summed E-state index contributed by atoms with van der Waals surface area (Å²) in [5, 5.41) is 1.46. The Labute approximate surface area is 125 Å². The molecule has 0 heterocycles. The third-order valence-corrected chi connectivity index (χ3v) is 7.94. The summed E-state index contributed by atoms with van der Waals surface area (Å²) < 4.78 is 11.5. The van der Waals surface area contributed by atoms with Crippen molar-refractivity contribution < 1.29 is 9.47 Å². The van der Waals surface area contributed by atoms with E-state index in [1.807, 2.05) is 6.92 Å². The summed E-state index contributed by atoms with van der Waals surface area (Å²) in [6, 6.07) is 10.8. The molecule has 20 heavy (non-hydrogen) atoms. The predicted molar refractivity (Wildman–Crippen MR) is 89.0 cm³/mol. The van der Waals surface area contributed by atoms with Crippen molar-refractivity contribution in [2.24, 2.45) is 0 Å². The van der Waals surface area contributed by atoms with Crippen LogP contribution in [-0.2, 0) is 9.47 Å². The summed E-state index contributed by atoms with van der Waals surface area (Å²) >= 11 is 0. The summed E-state index contributed by atoms with van der Waals surface area (Å²) in [5.41, 5.74) is 0.311. The molecule has 1 rings (SSSR count). The Kier molecular flexibility index (Phi) is 7.49. The first-order valence-corrected chi connectivity index (χ1v) is 10.8. The molecule has 0 N–H and O–H groups in total. The van der Waals surface area contributed by atoms with Crippen molar-refractivity contribution in [3.8, 4) is 0 Å². The van der Waals surface area contributed by atoms with E-state index in [1.54, 1.807) is 7.11 Å². The molecule has 0 bridgehead atoms. The molecule has 2 nitrogen and oxygen atoms in total. The fourth-order valence-corrected chi connectivity index (χ4v) is 5.40. The lowest BCUT2D eigenvalue weighted by atomic mass is 10.2. The van der Waals surface area contributed by atoms with Crippen molar-refractivity contribution in [2.45, 2.75) is 64.6 Å². The van der Waals surface area contributed by atoms with E-state index in [0.29, 0.717) is 5.73 Å². The van der Waals surface area contributed by atoms with Crippen LogP contribution in [0, 0.1) is 0 Å². The van der Waals surface area contributed by atoms with Gasteiger partial charge in [-0.1, -0.05) is 74.8 Å². The standard InChI is InChI=1S/C17H30O2Si/c1-6-7-9-14-17(19-15(2)18-3)20(4,5)16-12-10-8-11-13-16/h8,10-13,15,17H,6-7,9,14H2,1-5H3. The number of ether oxygens (including phenoxy) is 2. The van der Waals surface area contributed by atoms with Crippen LogP contribution in [0.3, 0.4) is 0 Å². The topological polar surface area (TPSA) is 18.5 Å². The average Bonchev–Trinajstić information content (AvgIpc) is 2.47. The van der Waals surface area contributed by atoms with Crippen LogP contribution in [0.1, 0.15) is 39.5 Å². The lowest BCUT2D eigenvalue weighted by Crippen LogP contribution is -2.54. The lowest BCUT2D eigenvalue weighted by molar-refractivity contribution is -0.126. The molecule has 0 saturated carbocycles. The Balaban J connectivity index is 2.83. The van der Waals surface area contributed by atoms with E-state index in [2.05, 4.69) is 50.3 Å². The predicted octanol–water partition coefficient (Wildman–Crippen LogP) is 4.10. The first-order valence-electron chi connectivity index (χ1n) is 7.76. The minimum atomic E-state index is -1.64. The van der Waals surface area contributed by atoms with E-state index in [9.17, 15) is 0 Å². The van der Waals surface area contributed by atoms with Crippen LogP contribution in [0.5, 0.6) is 0 Å². The van der Waals surface area contributed by atoms with E-state index in [0.717, 1.165) is 6.42 Å². The molecule has 114 valence electrons. The smallest absolute Gasteiger partial charge is 0.154 e. The number of benzene rings is 1. The monoisotopic (exact) mass is 294 g/mol. The van der Waals surface area contributed by atoms with Gasteiger partial charge in [0.1, 0.15) is 8.07 Å². The first-order chi connectivity index (χ1) is 9.52. The summed E-state index contributed by atoms with van der Waals surface area (Å²) in [6.45, 7) is 9.04. The zero-order chi connectivity index (χ0) is 15.0. The first kappa shape index (κ1) is 17.4. The van der Waals surface area contributed by atoms with Gasteiger partial charge in [-0.2, -0.15) is 0 Å². The highest BCUT2D eigenvalue weighted by molar-refractivity contribution is 6.90. The number of rotatable bonds is 9. The minimum Gasteiger partial charge on any atom is -0.356 e. The minimum absolute atomic E-state index is 0.128. The largest absolute Gasteiger partial charge is 0.356 e. The van der Waals surface area contributed by atoms with Gasteiger partial charge in [-0.05, 0) is 13.3 Å². The highest BCUT2D eigenvalue weighted by atomic mass is 28.3. The van der Waals surface area contributed by atoms with Gasteiger partial charge < -0.3 is 9.47 Å². The molecule has 2 atom stereocenters. The maximum Gasteiger partial charge on any atom is 0.154 e. The van der Waals surface area contributed by atoms with Crippen LogP contribution in [0.4, 0.5) is 0 Å². The quantitative estimate of drug-likeness (QED) is 0.388. The second-order valence-electron chi connectivity index (χ2n) is 6.01. The van der Waals surface area contributed by atoms with Crippen LogP contribution < -0.4 is 5.19 Å². The van der Waals surface area contributed by atoms with Crippen LogP contribution in [0.2, 0.25) is 13.1 Å². The normalized spacial score (nSPS) is 15.1. The highest BCUT2D eigenvalue weighted by Gasteiger charge is 2.35. The maximum atomic E-state index is 6.20. The summed E-state index contributed by atoms with van der Waals surface area (Å²) in [6.07, 6.45) is 4.77. The van der Waals surface area contributed by atoms with E-state index in [1.165, 1.54) is 24.4 Å². The Morgan fingerprint density at radius 2 is 1.75 bits per heavy atom. The Bertz CT molecular complexity index is 365. The van der Waals surface area contributed by atoms with E-state index in [-0.39, 0.29) is 6.29 Å². The molecule has 0 radical (unpaired) electrons. The maximum absolute atomic E-state index is 6.20. The zero-order valence-corrected chi connectivity index (χ0v) is 14.7. The molecule has 0 aliphatic heterocycles. The van der Waals surface area contributed by atoms with Crippen LogP contribution >= 0.6 is 0 Å². The van der Waals surface area contributed by atoms with Gasteiger partial charge in [0, 0.05) is 7.11 Å². The number of hydrogen-bond donors (Lipinski definition) is 0. The van der Waals surface area contributed by atoms with Crippen molar-refractivity contribution >= 4 is 13.3 Å². The molecule has 0 aromatic heterocycles. The van der Waals surface area contributed by atoms with Crippen molar-refractivity contribution in [3.63, 3.8) is 0 Å². The third-order valence-electron chi connectivity index (χ3n) is 4.08. The molecule has 0 aliphatic rings. The van der Waals surface area contributed by atoms with Gasteiger partial charge in [0.15, 0.2) is 6.29 Å². The molecule has 1 aromatic carbocycles. The Hall–Kier alpha value is -0.643. The molecular weight excluding hydrogens is 264 g/mol. The fraction of sp³-hybridized carbons (Fsp3) is 0.647. The second-order valence-corrected chi connectivity index (χ2v) is 10.7. The zero-order valence-electron chi connectivity index (χ0n) is 13.7. The molecular formula is C17H30O2Si. The van der Waals surface area contributed by atoms with Crippen LogP contribution in [0.25, 0.3) is 0 Å². The van der Waals surface area contributed by atoms with Crippen molar-refractivity contribution in [1.29, 1.82) is 0 Å². The third kappa shape index (κ3) is 5.04. The van der Waals surface area contributed by atoms with E-state index in [4.69, 9.17) is 9.47 Å². The average molecular weight is 295 g/mol. The van der Waals surface area contributed by atoms with Crippen molar-refractivity contribution in [3.05, 3.63) is 30.3 Å². The van der Waals surface area contributed by atoms with E-state index >= 15 is 0 Å². The molecule has 0 amide bonds. The van der Waals surface area contributed by atoms with Gasteiger partial charge in [-0.15, -0.1) is 0 Å². The molecule has 0 spiro atoms. The molecule has 2 unspecified atom stereocenters. The number of methoxy groups -OCH3 is 1. The molecule has 3 heteroatoms. The number of unbranched alkanes of at least 4 members (excludes halogenated alkanes) is 2.